The summed E-state index contributed by atoms with van der Waals surface area (Å²) in [5.41, 5.74) is 0.851. The van der Waals surface area contributed by atoms with Crippen LogP contribution in [0.5, 0.6) is 0 Å². The Morgan fingerprint density at radius 1 is 1.22 bits per heavy atom. The molecule has 0 saturated heterocycles. The molecule has 1 aromatic carbocycles. The summed E-state index contributed by atoms with van der Waals surface area (Å²) in [6.07, 6.45) is 0. The molecule has 0 unspecified atom stereocenters. The number of nitrogens with one attached hydrogen (secondary N) is 3. The molecule has 0 spiro atoms. The van der Waals surface area contributed by atoms with Gasteiger partial charge in [0.2, 0.25) is 0 Å². The number of amides is 1. The fourth-order valence-corrected chi connectivity index (χ4v) is 1.71. The van der Waals surface area contributed by atoms with Crippen molar-refractivity contribution >= 4 is 35.8 Å². The highest BCUT2D eigenvalue weighted by atomic mass is 127. The van der Waals surface area contributed by atoms with Crippen molar-refractivity contribution in [2.45, 2.75) is 20.8 Å². The quantitative estimate of drug-likeness (QED) is 0.278. The van der Waals surface area contributed by atoms with Gasteiger partial charge in [0.05, 0.1) is 0 Å². The predicted molar refractivity (Wildman–Crippen MR) is 103 cm³/mol. The van der Waals surface area contributed by atoms with E-state index in [1.165, 1.54) is 6.07 Å². The molecule has 0 aliphatic carbocycles. The monoisotopic (exact) mass is 436 g/mol. The van der Waals surface area contributed by atoms with Crippen molar-refractivity contribution in [2.75, 3.05) is 26.7 Å². The van der Waals surface area contributed by atoms with Crippen LogP contribution in [0.4, 0.5) is 4.39 Å². The molecular formula is C16H26FIN4O. The molecule has 5 nitrogen and oxygen atoms in total. The first-order chi connectivity index (χ1) is 10.4. The van der Waals surface area contributed by atoms with E-state index in [1.807, 2.05) is 0 Å². The highest BCUT2D eigenvalue weighted by Gasteiger charge is 2.07. The van der Waals surface area contributed by atoms with Crippen molar-refractivity contribution < 1.29 is 9.18 Å². The number of hydrogen-bond donors (Lipinski definition) is 3. The summed E-state index contributed by atoms with van der Waals surface area (Å²) >= 11 is 0. The molecule has 0 radical (unpaired) electrons. The van der Waals surface area contributed by atoms with Crippen LogP contribution in [0.1, 0.15) is 29.8 Å². The second-order valence-corrected chi connectivity index (χ2v) is 5.49. The average Bonchev–Trinajstić information content (AvgIpc) is 2.48. The standard InChI is InChI=1S/C16H25FN4O.HI/c1-11(2)10-21-16(18-4)20-8-7-19-15(22)13-6-5-12(3)14(17)9-13;/h5-6,9,11H,7-8,10H2,1-4H3,(H,19,22)(H2,18,20,21);1H. The SMILES string of the molecule is CN=C(NCCNC(=O)c1ccc(C)c(F)c1)NCC(C)C.I. The van der Waals surface area contributed by atoms with Crippen molar-refractivity contribution in [2.24, 2.45) is 10.9 Å². The van der Waals surface area contributed by atoms with Crippen LogP contribution in [0.3, 0.4) is 0 Å². The summed E-state index contributed by atoms with van der Waals surface area (Å²) < 4.78 is 13.4. The van der Waals surface area contributed by atoms with Crippen LogP contribution < -0.4 is 16.0 Å². The summed E-state index contributed by atoms with van der Waals surface area (Å²) in [5.74, 6) is 0.564. The lowest BCUT2D eigenvalue weighted by molar-refractivity contribution is 0.0954. The third-order valence-corrected chi connectivity index (χ3v) is 3.04. The normalized spacial score (nSPS) is 11.0. The maximum Gasteiger partial charge on any atom is 0.251 e. The zero-order valence-corrected chi connectivity index (χ0v) is 16.4. The number of aryl methyl sites for hydroxylation is 1. The molecule has 1 aromatic rings. The Morgan fingerprint density at radius 2 is 1.87 bits per heavy atom. The van der Waals surface area contributed by atoms with E-state index in [4.69, 9.17) is 0 Å². The largest absolute Gasteiger partial charge is 0.356 e. The van der Waals surface area contributed by atoms with E-state index in [0.717, 1.165) is 6.54 Å². The summed E-state index contributed by atoms with van der Waals surface area (Å²) in [7, 11) is 1.70. The lowest BCUT2D eigenvalue weighted by Gasteiger charge is -2.13. The number of guanidine groups is 1. The summed E-state index contributed by atoms with van der Waals surface area (Å²) in [6, 6.07) is 4.46. The smallest absolute Gasteiger partial charge is 0.251 e. The molecular weight excluding hydrogens is 410 g/mol. The molecule has 130 valence electrons. The van der Waals surface area contributed by atoms with E-state index in [9.17, 15) is 9.18 Å². The Morgan fingerprint density at radius 3 is 2.43 bits per heavy atom. The molecule has 7 heteroatoms. The van der Waals surface area contributed by atoms with Crippen molar-refractivity contribution in [3.8, 4) is 0 Å². The highest BCUT2D eigenvalue weighted by molar-refractivity contribution is 14.0. The molecule has 0 fully saturated rings. The van der Waals surface area contributed by atoms with Gasteiger partial charge in [-0.25, -0.2) is 4.39 Å². The van der Waals surface area contributed by atoms with Crippen LogP contribution in [-0.4, -0.2) is 38.5 Å². The van der Waals surface area contributed by atoms with Crippen molar-refractivity contribution in [3.63, 3.8) is 0 Å². The van der Waals surface area contributed by atoms with Gasteiger partial charge in [0.1, 0.15) is 5.82 Å². The zero-order valence-electron chi connectivity index (χ0n) is 14.1. The fourth-order valence-electron chi connectivity index (χ4n) is 1.71. The van der Waals surface area contributed by atoms with E-state index in [2.05, 4.69) is 34.8 Å². The zero-order chi connectivity index (χ0) is 16.5. The molecule has 1 amide bonds. The summed E-state index contributed by atoms with van der Waals surface area (Å²) in [6.45, 7) is 7.68. The molecule has 0 heterocycles. The lowest BCUT2D eigenvalue weighted by atomic mass is 10.1. The second kappa shape index (κ2) is 11.2. The van der Waals surface area contributed by atoms with Gasteiger partial charge in [-0.2, -0.15) is 0 Å². The van der Waals surface area contributed by atoms with Gasteiger partial charge in [-0.05, 0) is 30.5 Å². The van der Waals surface area contributed by atoms with Gasteiger partial charge in [0, 0.05) is 32.2 Å². The van der Waals surface area contributed by atoms with Gasteiger partial charge in [-0.1, -0.05) is 19.9 Å². The van der Waals surface area contributed by atoms with E-state index in [1.54, 1.807) is 26.1 Å². The summed E-state index contributed by atoms with van der Waals surface area (Å²) in [4.78, 5) is 16.0. The minimum absolute atomic E-state index is 0. The fraction of sp³-hybridized carbons (Fsp3) is 0.500. The minimum atomic E-state index is -0.371. The number of nitrogens with zero attached hydrogens (tertiary/aromatic N) is 1. The van der Waals surface area contributed by atoms with Gasteiger partial charge in [0.25, 0.3) is 5.91 Å². The highest BCUT2D eigenvalue weighted by Crippen LogP contribution is 2.08. The van der Waals surface area contributed by atoms with E-state index >= 15 is 0 Å². The number of hydrogen-bond acceptors (Lipinski definition) is 2. The van der Waals surface area contributed by atoms with E-state index in [-0.39, 0.29) is 35.7 Å². The molecule has 0 bridgehead atoms. The molecule has 0 saturated carbocycles. The Kier molecular flexibility index (Phi) is 10.5. The number of carbonyl (C=O) groups excluding carboxylic acids is 1. The van der Waals surface area contributed by atoms with Crippen LogP contribution in [0.15, 0.2) is 23.2 Å². The van der Waals surface area contributed by atoms with Crippen LogP contribution in [0.25, 0.3) is 0 Å². The number of halogens is 2. The molecule has 0 aliphatic heterocycles. The Hall–Kier alpha value is -1.38. The number of benzene rings is 1. The predicted octanol–water partition coefficient (Wildman–Crippen LogP) is 2.30. The first-order valence-corrected chi connectivity index (χ1v) is 7.43. The average molecular weight is 436 g/mol. The van der Waals surface area contributed by atoms with Gasteiger partial charge in [-0.3, -0.25) is 9.79 Å². The second-order valence-electron chi connectivity index (χ2n) is 5.49. The number of aliphatic imine (C=N–C) groups is 1. The maximum absolute atomic E-state index is 13.4. The van der Waals surface area contributed by atoms with E-state index in [0.29, 0.717) is 36.1 Å². The third-order valence-electron chi connectivity index (χ3n) is 3.04. The van der Waals surface area contributed by atoms with Gasteiger partial charge in [-0.15, -0.1) is 24.0 Å². The Balaban J connectivity index is 0.00000484. The molecule has 1 rings (SSSR count). The topological polar surface area (TPSA) is 65.5 Å². The van der Waals surface area contributed by atoms with Crippen LogP contribution in [0, 0.1) is 18.7 Å². The Bertz CT molecular complexity index is 535. The van der Waals surface area contributed by atoms with Crippen LogP contribution in [-0.2, 0) is 0 Å². The maximum atomic E-state index is 13.4. The van der Waals surface area contributed by atoms with Crippen LogP contribution >= 0.6 is 24.0 Å². The minimum Gasteiger partial charge on any atom is -0.356 e. The van der Waals surface area contributed by atoms with Gasteiger partial charge in [0.15, 0.2) is 5.96 Å². The summed E-state index contributed by atoms with van der Waals surface area (Å²) in [5, 5.41) is 9.02. The van der Waals surface area contributed by atoms with Crippen molar-refractivity contribution in [1.29, 1.82) is 0 Å². The lowest BCUT2D eigenvalue weighted by Crippen LogP contribution is -2.42. The van der Waals surface area contributed by atoms with Gasteiger partial charge < -0.3 is 16.0 Å². The Labute approximate surface area is 154 Å². The third kappa shape index (κ3) is 8.15. The number of carbonyl (C=O) groups is 1. The first-order valence-electron chi connectivity index (χ1n) is 7.43. The van der Waals surface area contributed by atoms with Crippen molar-refractivity contribution in [3.05, 3.63) is 35.1 Å². The molecule has 23 heavy (non-hydrogen) atoms. The van der Waals surface area contributed by atoms with Crippen molar-refractivity contribution in [1.82, 2.24) is 16.0 Å². The molecule has 0 atom stereocenters. The van der Waals surface area contributed by atoms with Gasteiger partial charge >= 0.3 is 0 Å². The molecule has 0 aliphatic rings. The molecule has 0 aromatic heterocycles. The van der Waals surface area contributed by atoms with Crippen LogP contribution in [0.2, 0.25) is 0 Å². The van der Waals surface area contributed by atoms with E-state index < -0.39 is 0 Å². The molecule has 3 N–H and O–H groups in total. The first kappa shape index (κ1) is 21.6. The number of rotatable bonds is 6.